The van der Waals surface area contributed by atoms with Crippen LogP contribution in [0.5, 0.6) is 0 Å². The smallest absolute Gasteiger partial charge is 0.243 e. The summed E-state index contributed by atoms with van der Waals surface area (Å²) in [6.07, 6.45) is 0.603. The Morgan fingerprint density at radius 2 is 1.32 bits per heavy atom. The number of carbonyl (C=O) groups excluding carboxylic acids is 4. The van der Waals surface area contributed by atoms with Crippen LogP contribution < -0.4 is 16.0 Å². The summed E-state index contributed by atoms with van der Waals surface area (Å²) in [5.74, 6) is -1.81. The average molecular weight is 516 g/mol. The van der Waals surface area contributed by atoms with Crippen molar-refractivity contribution in [3.8, 4) is 0 Å². The van der Waals surface area contributed by atoms with Crippen molar-refractivity contribution in [2.75, 3.05) is 11.9 Å². The molecule has 0 bridgehead atoms. The Bertz CT molecular complexity index is 1190. The van der Waals surface area contributed by atoms with Crippen molar-refractivity contribution in [3.63, 3.8) is 0 Å². The summed E-state index contributed by atoms with van der Waals surface area (Å²) in [5.41, 5.74) is 2.52. The molecule has 0 aliphatic rings. The van der Waals surface area contributed by atoms with Crippen LogP contribution in [0.1, 0.15) is 30.9 Å². The quantitative estimate of drug-likeness (QED) is 0.305. The van der Waals surface area contributed by atoms with E-state index in [1.54, 1.807) is 24.3 Å². The Kier molecular flexibility index (Phi) is 11.2. The van der Waals surface area contributed by atoms with Crippen molar-refractivity contribution in [1.29, 1.82) is 0 Å². The zero-order valence-corrected chi connectivity index (χ0v) is 21.4. The van der Waals surface area contributed by atoms with Gasteiger partial charge in [0.05, 0.1) is 19.1 Å². The van der Waals surface area contributed by atoms with Gasteiger partial charge in [-0.05, 0) is 36.1 Å². The minimum absolute atomic E-state index is 0.187. The molecule has 0 radical (unpaired) electrons. The molecule has 0 heterocycles. The summed E-state index contributed by atoms with van der Waals surface area (Å²) in [5, 5.41) is 7.98. The summed E-state index contributed by atoms with van der Waals surface area (Å²) in [6, 6.07) is 25.9. The standard InChI is InChI=1S/C30H33N3O5/c1-22(34)31-27(19-29(36)32-25-15-9-4-10-16-25)30(37)33-26(18-17-23-11-5-2-6-12-23)28(35)21-38-20-24-13-7-3-8-14-24/h2-16,26-27H,17-21H2,1H3,(H,31,34)(H,32,36)(H,33,37)/t26?,27-/m0/s1. The number of benzene rings is 3. The Morgan fingerprint density at radius 1 is 0.737 bits per heavy atom. The fraction of sp³-hybridized carbons (Fsp3) is 0.267. The van der Waals surface area contributed by atoms with Crippen LogP contribution >= 0.6 is 0 Å². The maximum absolute atomic E-state index is 13.2. The number of ketones is 1. The molecule has 2 atom stereocenters. The van der Waals surface area contributed by atoms with E-state index in [4.69, 9.17) is 4.74 Å². The second-order valence-electron chi connectivity index (χ2n) is 8.90. The second-order valence-corrected chi connectivity index (χ2v) is 8.90. The molecule has 0 saturated carbocycles. The van der Waals surface area contributed by atoms with Gasteiger partial charge in [-0.2, -0.15) is 0 Å². The molecular formula is C30H33N3O5. The normalized spacial score (nSPS) is 12.1. The van der Waals surface area contributed by atoms with Gasteiger partial charge in [0.1, 0.15) is 12.6 Å². The molecule has 38 heavy (non-hydrogen) atoms. The van der Waals surface area contributed by atoms with Gasteiger partial charge >= 0.3 is 0 Å². The van der Waals surface area contributed by atoms with Crippen LogP contribution in [0.2, 0.25) is 0 Å². The molecule has 0 aromatic heterocycles. The molecule has 0 aliphatic carbocycles. The van der Waals surface area contributed by atoms with E-state index >= 15 is 0 Å². The molecule has 3 N–H and O–H groups in total. The maximum Gasteiger partial charge on any atom is 0.243 e. The Morgan fingerprint density at radius 3 is 1.92 bits per heavy atom. The van der Waals surface area contributed by atoms with Gasteiger partial charge in [-0.15, -0.1) is 0 Å². The molecule has 3 amide bonds. The maximum atomic E-state index is 13.2. The van der Waals surface area contributed by atoms with Crippen molar-refractivity contribution in [3.05, 3.63) is 102 Å². The number of hydrogen-bond donors (Lipinski definition) is 3. The molecule has 8 heteroatoms. The molecule has 0 fully saturated rings. The number of aryl methyl sites for hydroxylation is 1. The SMILES string of the molecule is CC(=O)N[C@@H](CC(=O)Nc1ccccc1)C(=O)NC(CCc1ccccc1)C(=O)COCc1ccccc1. The Balaban J connectivity index is 1.65. The minimum Gasteiger partial charge on any atom is -0.369 e. The molecule has 0 aliphatic heterocycles. The minimum atomic E-state index is -1.14. The van der Waals surface area contributed by atoms with E-state index in [2.05, 4.69) is 16.0 Å². The third-order valence-electron chi connectivity index (χ3n) is 5.77. The first-order chi connectivity index (χ1) is 18.4. The van der Waals surface area contributed by atoms with Crippen LogP contribution in [0.25, 0.3) is 0 Å². The van der Waals surface area contributed by atoms with Crippen molar-refractivity contribution in [2.45, 2.75) is 44.9 Å². The molecule has 0 saturated heterocycles. The topological polar surface area (TPSA) is 114 Å². The third kappa shape index (κ3) is 9.99. The number of carbonyl (C=O) groups is 4. The van der Waals surface area contributed by atoms with Crippen LogP contribution in [0, 0.1) is 0 Å². The van der Waals surface area contributed by atoms with E-state index < -0.39 is 29.8 Å². The highest BCUT2D eigenvalue weighted by molar-refractivity contribution is 5.98. The molecule has 0 spiro atoms. The molecular weight excluding hydrogens is 482 g/mol. The van der Waals surface area contributed by atoms with Crippen molar-refractivity contribution in [1.82, 2.24) is 10.6 Å². The number of rotatable bonds is 14. The summed E-state index contributed by atoms with van der Waals surface area (Å²) < 4.78 is 5.62. The zero-order chi connectivity index (χ0) is 27.2. The largest absolute Gasteiger partial charge is 0.369 e. The van der Waals surface area contributed by atoms with Gasteiger partial charge in [0.15, 0.2) is 5.78 Å². The summed E-state index contributed by atoms with van der Waals surface area (Å²) in [7, 11) is 0. The average Bonchev–Trinajstić information content (AvgIpc) is 2.92. The highest BCUT2D eigenvalue weighted by atomic mass is 16.5. The lowest BCUT2D eigenvalue weighted by molar-refractivity contribution is -0.133. The highest BCUT2D eigenvalue weighted by Crippen LogP contribution is 2.10. The van der Waals surface area contributed by atoms with Crippen LogP contribution in [-0.4, -0.2) is 42.2 Å². The molecule has 3 aromatic carbocycles. The number of Topliss-reactive ketones (excluding diaryl/α,β-unsaturated/α-hetero) is 1. The van der Waals surface area contributed by atoms with Crippen molar-refractivity contribution >= 4 is 29.2 Å². The van der Waals surface area contributed by atoms with Crippen LogP contribution in [0.15, 0.2) is 91.0 Å². The number of para-hydroxylation sites is 1. The zero-order valence-electron chi connectivity index (χ0n) is 21.4. The van der Waals surface area contributed by atoms with Crippen molar-refractivity contribution in [2.24, 2.45) is 0 Å². The lowest BCUT2D eigenvalue weighted by atomic mass is 10.0. The summed E-state index contributed by atoms with van der Waals surface area (Å²) >= 11 is 0. The van der Waals surface area contributed by atoms with Crippen molar-refractivity contribution < 1.29 is 23.9 Å². The van der Waals surface area contributed by atoms with Crippen LogP contribution in [-0.2, 0) is 36.9 Å². The second kappa shape index (κ2) is 15.1. The van der Waals surface area contributed by atoms with E-state index in [1.165, 1.54) is 6.92 Å². The first kappa shape index (κ1) is 28.3. The molecule has 1 unspecified atom stereocenters. The monoisotopic (exact) mass is 515 g/mol. The lowest BCUT2D eigenvalue weighted by Crippen LogP contribution is -2.53. The van der Waals surface area contributed by atoms with Gasteiger partial charge in [-0.1, -0.05) is 78.9 Å². The van der Waals surface area contributed by atoms with Gasteiger partial charge < -0.3 is 20.7 Å². The van der Waals surface area contributed by atoms with Gasteiger partial charge in [0.25, 0.3) is 0 Å². The number of ether oxygens (including phenoxy) is 1. The fourth-order valence-electron chi connectivity index (χ4n) is 3.86. The number of hydrogen-bond acceptors (Lipinski definition) is 5. The summed E-state index contributed by atoms with van der Waals surface area (Å²) in [4.78, 5) is 50.7. The van der Waals surface area contributed by atoms with Gasteiger partial charge in [-0.3, -0.25) is 19.2 Å². The highest BCUT2D eigenvalue weighted by Gasteiger charge is 2.28. The lowest BCUT2D eigenvalue weighted by Gasteiger charge is -2.22. The first-order valence-electron chi connectivity index (χ1n) is 12.5. The van der Waals surface area contributed by atoms with Crippen LogP contribution in [0.4, 0.5) is 5.69 Å². The van der Waals surface area contributed by atoms with Gasteiger partial charge in [-0.25, -0.2) is 0 Å². The number of nitrogens with one attached hydrogen (secondary N) is 3. The van der Waals surface area contributed by atoms with Gasteiger partial charge in [0.2, 0.25) is 17.7 Å². The van der Waals surface area contributed by atoms with E-state index in [-0.39, 0.29) is 25.4 Å². The molecule has 3 rings (SSSR count). The van der Waals surface area contributed by atoms with E-state index in [9.17, 15) is 19.2 Å². The van der Waals surface area contributed by atoms with E-state index in [0.29, 0.717) is 18.5 Å². The predicted octanol–water partition coefficient (Wildman–Crippen LogP) is 3.42. The third-order valence-corrected chi connectivity index (χ3v) is 5.77. The molecule has 198 valence electrons. The summed E-state index contributed by atoms with van der Waals surface area (Å²) in [6.45, 7) is 1.35. The van der Waals surface area contributed by atoms with E-state index in [1.807, 2.05) is 66.7 Å². The molecule has 8 nitrogen and oxygen atoms in total. The number of amides is 3. The Hall–Kier alpha value is -4.30. The first-order valence-corrected chi connectivity index (χ1v) is 12.5. The fourth-order valence-corrected chi connectivity index (χ4v) is 3.86. The Labute approximate surface area is 222 Å². The predicted molar refractivity (Wildman–Crippen MR) is 145 cm³/mol. The van der Waals surface area contributed by atoms with Crippen LogP contribution in [0.3, 0.4) is 0 Å². The van der Waals surface area contributed by atoms with E-state index in [0.717, 1.165) is 11.1 Å². The van der Waals surface area contributed by atoms with Gasteiger partial charge in [0, 0.05) is 12.6 Å². The number of anilines is 1. The molecule has 3 aromatic rings.